The highest BCUT2D eigenvalue weighted by molar-refractivity contribution is 9.10. The van der Waals surface area contributed by atoms with Gasteiger partial charge in [-0.25, -0.2) is 4.39 Å². The topological polar surface area (TPSA) is 62.3 Å². The third kappa shape index (κ3) is 2.47. The SMILES string of the molecule is Cc1cc(F)c2[nH]c3c(c2c1Br)CCOC3(CC(=O)O)c1ccccc1. The van der Waals surface area contributed by atoms with Gasteiger partial charge in [0.2, 0.25) is 0 Å². The van der Waals surface area contributed by atoms with Gasteiger partial charge in [-0.15, -0.1) is 0 Å². The van der Waals surface area contributed by atoms with Gasteiger partial charge in [-0.1, -0.05) is 30.3 Å². The highest BCUT2D eigenvalue weighted by Crippen LogP contribution is 2.46. The van der Waals surface area contributed by atoms with Crippen molar-refractivity contribution in [1.82, 2.24) is 4.98 Å². The first-order valence-corrected chi connectivity index (χ1v) is 9.14. The van der Waals surface area contributed by atoms with Gasteiger partial charge in [-0.05, 0) is 52.0 Å². The molecule has 3 aromatic rings. The van der Waals surface area contributed by atoms with Crippen molar-refractivity contribution in [2.45, 2.75) is 25.4 Å². The molecule has 26 heavy (non-hydrogen) atoms. The minimum absolute atomic E-state index is 0.241. The molecule has 1 atom stereocenters. The number of carboxylic acids is 1. The third-order valence-corrected chi connectivity index (χ3v) is 6.02. The Labute approximate surface area is 158 Å². The number of aromatic amines is 1. The minimum atomic E-state index is -1.17. The van der Waals surface area contributed by atoms with E-state index in [0.29, 0.717) is 24.2 Å². The van der Waals surface area contributed by atoms with E-state index in [1.165, 1.54) is 6.07 Å². The number of aryl methyl sites for hydroxylation is 1. The van der Waals surface area contributed by atoms with Crippen molar-refractivity contribution in [1.29, 1.82) is 0 Å². The van der Waals surface area contributed by atoms with Crippen LogP contribution in [0.3, 0.4) is 0 Å². The van der Waals surface area contributed by atoms with Crippen LogP contribution in [0.2, 0.25) is 0 Å². The first-order valence-electron chi connectivity index (χ1n) is 8.35. The van der Waals surface area contributed by atoms with Crippen LogP contribution in [0.15, 0.2) is 40.9 Å². The summed E-state index contributed by atoms with van der Waals surface area (Å²) in [5, 5.41) is 10.3. The van der Waals surface area contributed by atoms with Gasteiger partial charge in [0.1, 0.15) is 11.4 Å². The van der Waals surface area contributed by atoms with Crippen molar-refractivity contribution in [2.24, 2.45) is 0 Å². The summed E-state index contributed by atoms with van der Waals surface area (Å²) in [6, 6.07) is 10.7. The van der Waals surface area contributed by atoms with E-state index in [2.05, 4.69) is 20.9 Å². The molecule has 0 saturated carbocycles. The van der Waals surface area contributed by atoms with Crippen LogP contribution in [0.25, 0.3) is 10.9 Å². The summed E-state index contributed by atoms with van der Waals surface area (Å²) in [7, 11) is 0. The predicted octanol–water partition coefficient (Wildman–Crippen LogP) is 4.67. The van der Waals surface area contributed by atoms with Crippen LogP contribution in [-0.4, -0.2) is 22.7 Å². The van der Waals surface area contributed by atoms with Crippen molar-refractivity contribution in [3.63, 3.8) is 0 Å². The molecule has 0 saturated heterocycles. The molecule has 2 N–H and O–H groups in total. The number of fused-ring (bicyclic) bond motifs is 3. The zero-order valence-electron chi connectivity index (χ0n) is 14.1. The molecule has 6 heteroatoms. The van der Waals surface area contributed by atoms with Crippen LogP contribution in [0.5, 0.6) is 0 Å². The predicted molar refractivity (Wildman–Crippen MR) is 99.8 cm³/mol. The van der Waals surface area contributed by atoms with Crippen LogP contribution >= 0.6 is 15.9 Å². The summed E-state index contributed by atoms with van der Waals surface area (Å²) in [6.07, 6.45) is 0.347. The van der Waals surface area contributed by atoms with E-state index in [-0.39, 0.29) is 12.2 Å². The molecule has 0 fully saturated rings. The molecule has 1 aliphatic heterocycles. The molecule has 1 unspecified atom stereocenters. The molecule has 0 bridgehead atoms. The largest absolute Gasteiger partial charge is 0.481 e. The number of benzene rings is 2. The van der Waals surface area contributed by atoms with Crippen LogP contribution in [-0.2, 0) is 21.6 Å². The maximum atomic E-state index is 14.6. The van der Waals surface area contributed by atoms with Gasteiger partial charge in [0.25, 0.3) is 0 Å². The Balaban J connectivity index is 2.07. The van der Waals surface area contributed by atoms with E-state index in [4.69, 9.17) is 4.74 Å². The van der Waals surface area contributed by atoms with Crippen LogP contribution in [0.4, 0.5) is 4.39 Å². The number of aromatic nitrogens is 1. The summed E-state index contributed by atoms with van der Waals surface area (Å²) in [6.45, 7) is 2.21. The van der Waals surface area contributed by atoms with Gasteiger partial charge in [0.15, 0.2) is 0 Å². The number of hydrogen-bond acceptors (Lipinski definition) is 2. The molecule has 0 spiro atoms. The molecule has 1 aliphatic rings. The van der Waals surface area contributed by atoms with E-state index >= 15 is 0 Å². The number of hydrogen-bond donors (Lipinski definition) is 2. The van der Waals surface area contributed by atoms with Crippen molar-refractivity contribution >= 4 is 32.8 Å². The van der Waals surface area contributed by atoms with E-state index in [9.17, 15) is 14.3 Å². The smallest absolute Gasteiger partial charge is 0.307 e. The maximum Gasteiger partial charge on any atom is 0.307 e. The Kier molecular flexibility index (Phi) is 4.12. The average molecular weight is 418 g/mol. The number of aliphatic carboxylic acids is 1. The van der Waals surface area contributed by atoms with E-state index in [0.717, 1.165) is 26.5 Å². The van der Waals surface area contributed by atoms with Gasteiger partial charge in [0, 0.05) is 9.86 Å². The lowest BCUT2D eigenvalue weighted by Crippen LogP contribution is -2.39. The third-order valence-electron chi connectivity index (χ3n) is 5.00. The van der Waals surface area contributed by atoms with E-state index in [1.807, 2.05) is 37.3 Å². The summed E-state index contributed by atoms with van der Waals surface area (Å²) in [5.74, 6) is -1.33. The van der Waals surface area contributed by atoms with E-state index < -0.39 is 11.6 Å². The van der Waals surface area contributed by atoms with Crippen LogP contribution in [0.1, 0.15) is 28.8 Å². The molecule has 134 valence electrons. The Morgan fingerprint density at radius 2 is 2.12 bits per heavy atom. The maximum absolute atomic E-state index is 14.6. The summed E-state index contributed by atoms with van der Waals surface area (Å²) >= 11 is 3.57. The lowest BCUT2D eigenvalue weighted by atomic mass is 9.82. The van der Waals surface area contributed by atoms with Gasteiger partial charge >= 0.3 is 5.97 Å². The second-order valence-corrected chi connectivity index (χ2v) is 7.37. The molecule has 2 heterocycles. The number of H-pyrrole nitrogens is 1. The van der Waals surface area contributed by atoms with Crippen molar-refractivity contribution in [3.8, 4) is 0 Å². The number of carbonyl (C=O) groups is 1. The molecule has 0 amide bonds. The van der Waals surface area contributed by atoms with Crippen LogP contribution in [0, 0.1) is 12.7 Å². The summed E-state index contributed by atoms with van der Waals surface area (Å²) < 4.78 is 21.5. The van der Waals surface area contributed by atoms with Gasteiger partial charge in [0.05, 0.1) is 24.2 Å². The zero-order valence-corrected chi connectivity index (χ0v) is 15.7. The summed E-state index contributed by atoms with van der Waals surface area (Å²) in [5.41, 5.74) is 2.28. The standard InChI is InChI=1S/C20H17BrFNO3/c1-11-9-14(22)18-16(17(11)21)13-7-8-26-20(10-15(24)25,19(13)23-18)12-5-3-2-4-6-12/h2-6,9,23H,7-8,10H2,1H3,(H,24,25). The molecule has 4 nitrogen and oxygen atoms in total. The fraction of sp³-hybridized carbons (Fsp3) is 0.250. The second-order valence-electron chi connectivity index (χ2n) is 6.58. The van der Waals surface area contributed by atoms with E-state index in [1.54, 1.807) is 0 Å². The van der Waals surface area contributed by atoms with Gasteiger partial charge in [-0.2, -0.15) is 0 Å². The molecule has 0 radical (unpaired) electrons. The van der Waals surface area contributed by atoms with Gasteiger partial charge < -0.3 is 14.8 Å². The van der Waals surface area contributed by atoms with Crippen molar-refractivity contribution in [2.75, 3.05) is 6.61 Å². The Hall–Kier alpha value is -2.18. The fourth-order valence-corrected chi connectivity index (χ4v) is 4.42. The lowest BCUT2D eigenvalue weighted by molar-refractivity contribution is -0.144. The number of nitrogens with one attached hydrogen (secondary N) is 1. The molecule has 4 rings (SSSR count). The molecule has 2 aromatic carbocycles. The quantitative estimate of drug-likeness (QED) is 0.650. The number of ether oxygens (including phenoxy) is 1. The lowest BCUT2D eigenvalue weighted by Gasteiger charge is -2.37. The molecular formula is C20H17BrFNO3. The van der Waals surface area contributed by atoms with Crippen LogP contribution < -0.4 is 0 Å². The van der Waals surface area contributed by atoms with Crippen molar-refractivity contribution in [3.05, 3.63) is 69.1 Å². The minimum Gasteiger partial charge on any atom is -0.481 e. The first-order chi connectivity index (χ1) is 12.4. The number of carboxylic acid groups (broad SMARTS) is 1. The molecule has 0 aliphatic carbocycles. The molecule has 1 aromatic heterocycles. The van der Waals surface area contributed by atoms with Gasteiger partial charge in [-0.3, -0.25) is 4.79 Å². The van der Waals surface area contributed by atoms with Crippen molar-refractivity contribution < 1.29 is 19.0 Å². The zero-order chi connectivity index (χ0) is 18.5. The average Bonchev–Trinajstić information content (AvgIpc) is 3.02. The first kappa shape index (κ1) is 17.2. The number of rotatable bonds is 3. The Bertz CT molecular complexity index is 1020. The highest BCUT2D eigenvalue weighted by Gasteiger charge is 2.44. The Morgan fingerprint density at radius 1 is 1.38 bits per heavy atom. The highest BCUT2D eigenvalue weighted by atomic mass is 79.9. The fourth-order valence-electron chi connectivity index (χ4n) is 3.87. The molecular weight excluding hydrogens is 401 g/mol. The second kappa shape index (κ2) is 6.21. The number of halogens is 2. The Morgan fingerprint density at radius 3 is 2.81 bits per heavy atom. The monoisotopic (exact) mass is 417 g/mol. The normalized spacial score (nSPS) is 19.5. The summed E-state index contributed by atoms with van der Waals surface area (Å²) in [4.78, 5) is 14.8.